The Bertz CT molecular complexity index is 1060. The minimum absolute atomic E-state index is 0.0727. The van der Waals surface area contributed by atoms with Crippen molar-refractivity contribution >= 4 is 11.9 Å². The van der Waals surface area contributed by atoms with Crippen molar-refractivity contribution in [3.63, 3.8) is 0 Å². The van der Waals surface area contributed by atoms with Gasteiger partial charge in [0, 0.05) is 26.7 Å². The predicted octanol–water partition coefficient (Wildman–Crippen LogP) is 3.76. The second kappa shape index (κ2) is 9.53. The molecular formula is C28H36N4O3. The molecule has 1 atom stereocenters. The molecule has 0 radical (unpaired) electrons. The number of methoxy groups -OCH3 is 1. The topological polar surface area (TPSA) is 65.1 Å². The number of nitrogens with zero attached hydrogens (tertiary/aromatic N) is 3. The van der Waals surface area contributed by atoms with Crippen molar-refractivity contribution in [2.75, 3.05) is 40.8 Å². The smallest absolute Gasteiger partial charge is 0.317 e. The SMILES string of the molecule is CNC(=O)N1CCC2(CC1)C(=O)N(CCc1ccc(OC)cc1)C(c1ccc(C3CC3)cc1)N2C. The Balaban J connectivity index is 1.40. The molecule has 2 aromatic rings. The van der Waals surface area contributed by atoms with E-state index in [1.165, 1.54) is 24.0 Å². The third-order valence-electron chi connectivity index (χ3n) is 8.17. The van der Waals surface area contributed by atoms with Crippen LogP contribution in [0.25, 0.3) is 0 Å². The average Bonchev–Trinajstić information content (AvgIpc) is 3.73. The summed E-state index contributed by atoms with van der Waals surface area (Å²) in [5, 5.41) is 2.71. The van der Waals surface area contributed by atoms with Crippen LogP contribution in [0, 0.1) is 0 Å². The van der Waals surface area contributed by atoms with E-state index in [0.717, 1.165) is 17.7 Å². The maximum absolute atomic E-state index is 14.1. The second-order valence-corrected chi connectivity index (χ2v) is 10.1. The minimum Gasteiger partial charge on any atom is -0.497 e. The van der Waals surface area contributed by atoms with E-state index in [-0.39, 0.29) is 18.1 Å². The highest BCUT2D eigenvalue weighted by Gasteiger charge is 2.57. The van der Waals surface area contributed by atoms with Crippen LogP contribution in [0.4, 0.5) is 4.79 Å². The molecule has 1 unspecified atom stereocenters. The van der Waals surface area contributed by atoms with E-state index < -0.39 is 5.54 Å². The largest absolute Gasteiger partial charge is 0.497 e. The van der Waals surface area contributed by atoms with Gasteiger partial charge in [0.15, 0.2) is 0 Å². The summed E-state index contributed by atoms with van der Waals surface area (Å²) in [7, 11) is 5.41. The van der Waals surface area contributed by atoms with Gasteiger partial charge in [0.05, 0.1) is 7.11 Å². The first-order valence-corrected chi connectivity index (χ1v) is 12.7. The van der Waals surface area contributed by atoms with Gasteiger partial charge in [-0.2, -0.15) is 0 Å². The second-order valence-electron chi connectivity index (χ2n) is 10.1. The lowest BCUT2D eigenvalue weighted by Gasteiger charge is -2.42. The molecule has 5 rings (SSSR count). The van der Waals surface area contributed by atoms with Gasteiger partial charge in [-0.05, 0) is 73.9 Å². The van der Waals surface area contributed by atoms with Gasteiger partial charge >= 0.3 is 6.03 Å². The third-order valence-corrected chi connectivity index (χ3v) is 8.17. The molecule has 1 aliphatic carbocycles. The number of carbonyl (C=O) groups excluding carboxylic acids is 2. The molecular weight excluding hydrogens is 440 g/mol. The van der Waals surface area contributed by atoms with Crippen LogP contribution in [0.2, 0.25) is 0 Å². The number of amides is 3. The fourth-order valence-corrected chi connectivity index (χ4v) is 5.80. The van der Waals surface area contributed by atoms with E-state index in [4.69, 9.17) is 4.74 Å². The zero-order valence-electron chi connectivity index (χ0n) is 21.0. The standard InChI is InChI=1S/C28H36N4O3/c1-29-27(34)31-18-15-28(16-19-31)26(33)32(17-14-20-4-12-24(35-3)13-5-20)25(30(28)2)23-10-8-22(9-11-23)21-6-7-21/h4-5,8-13,21,25H,6-7,14-19H2,1-3H3,(H,29,34). The molecule has 2 aromatic carbocycles. The van der Waals surface area contributed by atoms with Crippen LogP contribution in [0.1, 0.15) is 54.5 Å². The van der Waals surface area contributed by atoms with Gasteiger partial charge in [-0.15, -0.1) is 0 Å². The summed E-state index contributed by atoms with van der Waals surface area (Å²) in [6, 6.07) is 16.9. The first kappa shape index (κ1) is 23.7. The third kappa shape index (κ3) is 4.38. The van der Waals surface area contributed by atoms with Crippen LogP contribution in [0.15, 0.2) is 48.5 Å². The number of urea groups is 1. The minimum atomic E-state index is -0.579. The van der Waals surface area contributed by atoms with Gasteiger partial charge in [-0.3, -0.25) is 9.69 Å². The van der Waals surface area contributed by atoms with Gasteiger partial charge in [0.25, 0.3) is 0 Å². The molecule has 2 saturated heterocycles. The summed E-state index contributed by atoms with van der Waals surface area (Å²) >= 11 is 0. The Hall–Kier alpha value is -3.06. The van der Waals surface area contributed by atoms with Crippen LogP contribution >= 0.6 is 0 Å². The number of benzene rings is 2. The van der Waals surface area contributed by atoms with Crippen LogP contribution < -0.4 is 10.1 Å². The molecule has 186 valence electrons. The fraction of sp³-hybridized carbons (Fsp3) is 0.500. The average molecular weight is 477 g/mol. The van der Waals surface area contributed by atoms with Crippen molar-refractivity contribution in [2.45, 2.75) is 49.7 Å². The summed E-state index contributed by atoms with van der Waals surface area (Å²) < 4.78 is 5.29. The van der Waals surface area contributed by atoms with E-state index in [1.807, 2.05) is 17.0 Å². The van der Waals surface area contributed by atoms with Gasteiger partial charge in [0.1, 0.15) is 17.5 Å². The number of rotatable bonds is 6. The van der Waals surface area contributed by atoms with E-state index in [9.17, 15) is 9.59 Å². The first-order chi connectivity index (χ1) is 17.0. The van der Waals surface area contributed by atoms with E-state index >= 15 is 0 Å². The molecule has 0 aromatic heterocycles. The number of hydrogen-bond donors (Lipinski definition) is 1. The van der Waals surface area contributed by atoms with E-state index in [2.05, 4.69) is 58.6 Å². The van der Waals surface area contributed by atoms with Crippen molar-refractivity contribution in [1.82, 2.24) is 20.0 Å². The molecule has 7 heteroatoms. The fourth-order valence-electron chi connectivity index (χ4n) is 5.80. The lowest BCUT2D eigenvalue weighted by atomic mass is 9.86. The van der Waals surface area contributed by atoms with E-state index in [1.54, 1.807) is 14.2 Å². The number of likely N-dealkylation sites (tertiary alicyclic amines) is 1. The molecule has 2 heterocycles. The van der Waals surface area contributed by atoms with Crippen molar-refractivity contribution in [3.8, 4) is 5.75 Å². The molecule has 1 spiro atoms. The molecule has 3 fully saturated rings. The highest BCUT2D eigenvalue weighted by Crippen LogP contribution is 2.46. The Morgan fingerprint density at radius 2 is 1.66 bits per heavy atom. The van der Waals surface area contributed by atoms with Crippen LogP contribution in [0.5, 0.6) is 5.75 Å². The lowest BCUT2D eigenvalue weighted by molar-refractivity contribution is -0.135. The van der Waals surface area contributed by atoms with Crippen LogP contribution in [-0.4, -0.2) is 73.0 Å². The number of nitrogens with one attached hydrogen (secondary N) is 1. The summed E-state index contributed by atoms with van der Waals surface area (Å²) in [5.41, 5.74) is 3.16. The van der Waals surface area contributed by atoms with Gasteiger partial charge in [0.2, 0.25) is 5.91 Å². The van der Waals surface area contributed by atoms with Crippen LogP contribution in [-0.2, 0) is 11.2 Å². The maximum atomic E-state index is 14.1. The highest BCUT2D eigenvalue weighted by atomic mass is 16.5. The van der Waals surface area contributed by atoms with Crippen molar-refractivity contribution in [2.24, 2.45) is 0 Å². The predicted molar refractivity (Wildman–Crippen MR) is 135 cm³/mol. The Labute approximate surface area is 208 Å². The monoisotopic (exact) mass is 476 g/mol. The zero-order valence-corrected chi connectivity index (χ0v) is 21.0. The number of piperidine rings is 1. The summed E-state index contributed by atoms with van der Waals surface area (Å²) in [6.45, 7) is 1.80. The van der Waals surface area contributed by atoms with Gasteiger partial charge < -0.3 is 19.9 Å². The zero-order chi connectivity index (χ0) is 24.6. The van der Waals surface area contributed by atoms with Gasteiger partial charge in [-0.1, -0.05) is 36.4 Å². The molecule has 1 N–H and O–H groups in total. The molecule has 2 aliphatic heterocycles. The van der Waals surface area contributed by atoms with E-state index in [0.29, 0.717) is 38.4 Å². The highest BCUT2D eigenvalue weighted by molar-refractivity contribution is 5.89. The van der Waals surface area contributed by atoms with Crippen molar-refractivity contribution in [3.05, 3.63) is 65.2 Å². The quantitative estimate of drug-likeness (QED) is 0.690. The molecule has 1 saturated carbocycles. The Morgan fingerprint density at radius 3 is 2.23 bits per heavy atom. The summed E-state index contributed by atoms with van der Waals surface area (Å²) in [6.07, 6.45) is 4.51. The molecule has 35 heavy (non-hydrogen) atoms. The van der Waals surface area contributed by atoms with Crippen LogP contribution in [0.3, 0.4) is 0 Å². The number of likely N-dealkylation sites (N-methyl/N-ethyl adjacent to an activating group) is 1. The van der Waals surface area contributed by atoms with Gasteiger partial charge in [-0.25, -0.2) is 4.79 Å². The number of hydrogen-bond acceptors (Lipinski definition) is 4. The lowest BCUT2D eigenvalue weighted by Crippen LogP contribution is -2.57. The summed E-state index contributed by atoms with van der Waals surface area (Å²) in [4.78, 5) is 32.4. The van der Waals surface area contributed by atoms with Crippen molar-refractivity contribution in [1.29, 1.82) is 0 Å². The Kier molecular flexibility index (Phi) is 6.45. The molecule has 3 aliphatic rings. The number of ether oxygens (including phenoxy) is 1. The number of carbonyl (C=O) groups is 2. The molecule has 3 amide bonds. The Morgan fingerprint density at radius 1 is 1.03 bits per heavy atom. The first-order valence-electron chi connectivity index (χ1n) is 12.7. The molecule has 0 bridgehead atoms. The molecule has 7 nitrogen and oxygen atoms in total. The maximum Gasteiger partial charge on any atom is 0.317 e. The van der Waals surface area contributed by atoms with Crippen molar-refractivity contribution < 1.29 is 14.3 Å². The summed E-state index contributed by atoms with van der Waals surface area (Å²) in [5.74, 6) is 1.72. The normalized spacial score (nSPS) is 22.0.